The molecule has 1 aromatic carbocycles. The summed E-state index contributed by atoms with van der Waals surface area (Å²) in [6.45, 7) is 9.21. The van der Waals surface area contributed by atoms with Crippen LogP contribution in [0, 0.1) is 0 Å². The topological polar surface area (TPSA) is 41.6 Å². The summed E-state index contributed by atoms with van der Waals surface area (Å²) in [5.41, 5.74) is 1.46. The van der Waals surface area contributed by atoms with Crippen molar-refractivity contribution in [2.45, 2.75) is 57.9 Å². The number of nitrogens with zero attached hydrogens (tertiary/aromatic N) is 1. The molecule has 1 N–H and O–H groups in total. The fourth-order valence-electron chi connectivity index (χ4n) is 3.04. The summed E-state index contributed by atoms with van der Waals surface area (Å²) in [6, 6.07) is 8.66. The van der Waals surface area contributed by atoms with Gasteiger partial charge < -0.3 is 15.0 Å². The van der Waals surface area contributed by atoms with Gasteiger partial charge in [0.1, 0.15) is 5.75 Å². The molecule has 1 fully saturated rings. The quantitative estimate of drug-likeness (QED) is 0.777. The highest BCUT2D eigenvalue weighted by Crippen LogP contribution is 2.24. The molecule has 0 spiro atoms. The molecule has 0 unspecified atom stereocenters. The van der Waals surface area contributed by atoms with Gasteiger partial charge in [0.15, 0.2) is 0 Å². The minimum Gasteiger partial charge on any atom is -0.494 e. The summed E-state index contributed by atoms with van der Waals surface area (Å²) in [5.74, 6) is 1.11. The van der Waals surface area contributed by atoms with Crippen molar-refractivity contribution in [1.29, 1.82) is 0 Å². The van der Waals surface area contributed by atoms with Crippen molar-refractivity contribution in [2.75, 3.05) is 26.7 Å². The summed E-state index contributed by atoms with van der Waals surface area (Å²) < 4.78 is 5.77. The number of halogens is 1. The summed E-state index contributed by atoms with van der Waals surface area (Å²) in [7, 11) is 1.93. The predicted molar refractivity (Wildman–Crippen MR) is 106 cm³/mol. The SMILES string of the molecule is CN(C(=O)CCCOc1ccc(C(C)(C)C)cc1)C1CCNCC1.Cl. The number of nitrogens with one attached hydrogen (secondary N) is 1. The van der Waals surface area contributed by atoms with E-state index in [0.29, 0.717) is 19.1 Å². The second-order valence-corrected chi connectivity index (χ2v) is 7.71. The smallest absolute Gasteiger partial charge is 0.222 e. The Bertz CT molecular complexity index is 519. The Morgan fingerprint density at radius 2 is 1.80 bits per heavy atom. The zero-order valence-corrected chi connectivity index (χ0v) is 16.8. The third-order valence-electron chi connectivity index (χ3n) is 4.77. The first-order valence-corrected chi connectivity index (χ1v) is 9.07. The lowest BCUT2D eigenvalue weighted by Gasteiger charge is -2.31. The van der Waals surface area contributed by atoms with Crippen LogP contribution in [0.3, 0.4) is 0 Å². The van der Waals surface area contributed by atoms with E-state index in [-0.39, 0.29) is 23.7 Å². The summed E-state index contributed by atoms with van der Waals surface area (Å²) >= 11 is 0. The van der Waals surface area contributed by atoms with Crippen LogP contribution in [0.4, 0.5) is 0 Å². The molecule has 1 aromatic rings. The number of hydrogen-bond donors (Lipinski definition) is 1. The average Bonchev–Trinajstić information content (AvgIpc) is 2.58. The van der Waals surface area contributed by atoms with Gasteiger partial charge >= 0.3 is 0 Å². The number of ether oxygens (including phenoxy) is 1. The van der Waals surface area contributed by atoms with Gasteiger partial charge in [-0.1, -0.05) is 32.9 Å². The minimum absolute atomic E-state index is 0. The van der Waals surface area contributed by atoms with E-state index in [4.69, 9.17) is 4.74 Å². The predicted octanol–water partition coefficient (Wildman–Crippen LogP) is 3.78. The molecule has 1 saturated heterocycles. The van der Waals surface area contributed by atoms with Crippen molar-refractivity contribution in [3.8, 4) is 5.75 Å². The maximum atomic E-state index is 12.3. The Kier molecular flexibility index (Phi) is 8.74. The first-order valence-electron chi connectivity index (χ1n) is 9.07. The van der Waals surface area contributed by atoms with Gasteiger partial charge in [0, 0.05) is 19.5 Å². The highest BCUT2D eigenvalue weighted by atomic mass is 35.5. The van der Waals surface area contributed by atoms with E-state index in [1.165, 1.54) is 5.56 Å². The average molecular weight is 369 g/mol. The van der Waals surface area contributed by atoms with E-state index in [2.05, 4.69) is 38.2 Å². The van der Waals surface area contributed by atoms with E-state index in [1.807, 2.05) is 24.1 Å². The fraction of sp³-hybridized carbons (Fsp3) is 0.650. The molecule has 0 radical (unpaired) electrons. The molecule has 1 amide bonds. The Balaban J connectivity index is 0.00000312. The van der Waals surface area contributed by atoms with Gasteiger partial charge in [-0.15, -0.1) is 12.4 Å². The summed E-state index contributed by atoms with van der Waals surface area (Å²) in [4.78, 5) is 14.2. The molecular weight excluding hydrogens is 336 g/mol. The molecule has 0 bridgehead atoms. The third kappa shape index (κ3) is 6.87. The van der Waals surface area contributed by atoms with Crippen LogP contribution >= 0.6 is 12.4 Å². The van der Waals surface area contributed by atoms with Gasteiger partial charge in [-0.2, -0.15) is 0 Å². The van der Waals surface area contributed by atoms with Crippen molar-refractivity contribution in [3.05, 3.63) is 29.8 Å². The molecule has 25 heavy (non-hydrogen) atoms. The molecule has 0 atom stereocenters. The summed E-state index contributed by atoms with van der Waals surface area (Å²) in [6.07, 6.45) is 3.42. The molecule has 0 aromatic heterocycles. The molecule has 2 rings (SSSR count). The first kappa shape index (κ1) is 21.8. The maximum absolute atomic E-state index is 12.3. The van der Waals surface area contributed by atoms with E-state index in [0.717, 1.165) is 38.1 Å². The lowest BCUT2D eigenvalue weighted by Crippen LogP contribution is -2.43. The molecule has 1 aliphatic heterocycles. The van der Waals surface area contributed by atoms with Gasteiger partial charge in [0.05, 0.1) is 6.61 Å². The van der Waals surface area contributed by atoms with Crippen molar-refractivity contribution in [1.82, 2.24) is 10.2 Å². The largest absolute Gasteiger partial charge is 0.494 e. The number of hydrogen-bond acceptors (Lipinski definition) is 3. The van der Waals surface area contributed by atoms with Gasteiger partial charge in [0.25, 0.3) is 0 Å². The number of carbonyl (C=O) groups is 1. The highest BCUT2D eigenvalue weighted by Gasteiger charge is 2.21. The van der Waals surface area contributed by atoms with Gasteiger partial charge in [-0.25, -0.2) is 0 Å². The minimum atomic E-state index is 0. The standard InChI is InChI=1S/C20H32N2O2.ClH/c1-20(2,3)16-7-9-18(10-8-16)24-15-5-6-19(23)22(4)17-11-13-21-14-12-17;/h7-10,17,21H,5-6,11-15H2,1-4H3;1H. The van der Waals surface area contributed by atoms with Crippen molar-refractivity contribution >= 4 is 18.3 Å². The van der Waals surface area contributed by atoms with Gasteiger partial charge in [0.2, 0.25) is 5.91 Å². The molecule has 5 heteroatoms. The van der Waals surface area contributed by atoms with Crippen LogP contribution in [0.5, 0.6) is 5.75 Å². The lowest BCUT2D eigenvalue weighted by molar-refractivity contribution is -0.132. The molecule has 1 heterocycles. The molecule has 0 saturated carbocycles. The Hall–Kier alpha value is -1.26. The Labute approximate surface area is 158 Å². The van der Waals surface area contributed by atoms with Gasteiger partial charge in [-0.3, -0.25) is 4.79 Å². The molecule has 1 aliphatic rings. The number of piperidine rings is 1. The second kappa shape index (κ2) is 10.0. The number of carbonyl (C=O) groups excluding carboxylic acids is 1. The maximum Gasteiger partial charge on any atom is 0.222 e. The number of amides is 1. The van der Waals surface area contributed by atoms with E-state index >= 15 is 0 Å². The van der Waals surface area contributed by atoms with Crippen molar-refractivity contribution in [2.24, 2.45) is 0 Å². The van der Waals surface area contributed by atoms with Crippen molar-refractivity contribution in [3.63, 3.8) is 0 Å². The van der Waals surface area contributed by atoms with Crippen LogP contribution in [-0.2, 0) is 10.2 Å². The molecular formula is C20H33ClN2O2. The van der Waals surface area contributed by atoms with Crippen LogP contribution in [0.25, 0.3) is 0 Å². The molecule has 0 aliphatic carbocycles. The monoisotopic (exact) mass is 368 g/mol. The first-order chi connectivity index (χ1) is 11.4. The fourth-order valence-corrected chi connectivity index (χ4v) is 3.04. The Morgan fingerprint density at radius 3 is 2.36 bits per heavy atom. The van der Waals surface area contributed by atoms with Crippen LogP contribution in [0.2, 0.25) is 0 Å². The normalized spacial score (nSPS) is 15.4. The molecule has 142 valence electrons. The molecule has 4 nitrogen and oxygen atoms in total. The number of benzene rings is 1. The van der Waals surface area contributed by atoms with Crippen LogP contribution in [0.15, 0.2) is 24.3 Å². The lowest BCUT2D eigenvalue weighted by atomic mass is 9.87. The van der Waals surface area contributed by atoms with Crippen LogP contribution in [0.1, 0.15) is 52.0 Å². The summed E-state index contributed by atoms with van der Waals surface area (Å²) in [5, 5.41) is 3.33. The van der Waals surface area contributed by atoms with Gasteiger partial charge in [-0.05, 0) is 55.5 Å². The van der Waals surface area contributed by atoms with E-state index in [9.17, 15) is 4.79 Å². The van der Waals surface area contributed by atoms with E-state index < -0.39 is 0 Å². The third-order valence-corrected chi connectivity index (χ3v) is 4.77. The number of rotatable bonds is 6. The Morgan fingerprint density at radius 1 is 1.20 bits per heavy atom. The van der Waals surface area contributed by atoms with Crippen molar-refractivity contribution < 1.29 is 9.53 Å². The van der Waals surface area contributed by atoms with E-state index in [1.54, 1.807) is 0 Å². The second-order valence-electron chi connectivity index (χ2n) is 7.71. The van der Waals surface area contributed by atoms with Crippen LogP contribution < -0.4 is 10.1 Å². The zero-order valence-electron chi connectivity index (χ0n) is 16.0. The highest BCUT2D eigenvalue weighted by molar-refractivity contribution is 5.85. The zero-order chi connectivity index (χ0) is 17.6. The van der Waals surface area contributed by atoms with Crippen LogP contribution in [-0.4, -0.2) is 43.6 Å².